The van der Waals surface area contributed by atoms with Crippen molar-refractivity contribution in [1.29, 1.82) is 0 Å². The van der Waals surface area contributed by atoms with Gasteiger partial charge in [-0.25, -0.2) is 17.5 Å². The minimum Gasteiger partial charge on any atom is -0.466 e. The second-order valence-corrected chi connectivity index (χ2v) is 7.14. The molecular formula is C14H14ClNO5S. The van der Waals surface area contributed by atoms with E-state index in [1.54, 1.807) is 12.1 Å². The van der Waals surface area contributed by atoms with Crippen LogP contribution in [0.5, 0.6) is 0 Å². The van der Waals surface area contributed by atoms with Crippen molar-refractivity contribution in [1.82, 2.24) is 4.31 Å². The Hall–Kier alpha value is -1.83. The molecule has 8 heteroatoms. The number of rotatable bonds is 5. The number of furan rings is 1. The van der Waals surface area contributed by atoms with Crippen molar-refractivity contribution in [3.8, 4) is 0 Å². The van der Waals surface area contributed by atoms with Crippen molar-refractivity contribution in [2.75, 3.05) is 14.1 Å². The van der Waals surface area contributed by atoms with Crippen LogP contribution in [0.3, 0.4) is 0 Å². The number of esters is 1. The Kier molecular flexibility index (Phi) is 4.90. The van der Waals surface area contributed by atoms with Crippen LogP contribution >= 0.6 is 11.6 Å². The number of hydrogen-bond donors (Lipinski definition) is 0. The topological polar surface area (TPSA) is 76.8 Å². The van der Waals surface area contributed by atoms with Crippen LogP contribution in [0.1, 0.15) is 16.1 Å². The SMILES string of the molecule is CN(C)S(=O)(=O)c1ccc(Cl)c(C(=O)OCc2ccco2)c1. The molecule has 0 aliphatic heterocycles. The summed E-state index contributed by atoms with van der Waals surface area (Å²) in [6.07, 6.45) is 1.46. The summed E-state index contributed by atoms with van der Waals surface area (Å²) < 4.78 is 35.3. The highest BCUT2D eigenvalue weighted by molar-refractivity contribution is 7.89. The van der Waals surface area contributed by atoms with Gasteiger partial charge in [-0.3, -0.25) is 0 Å². The molecule has 0 radical (unpaired) electrons. The highest BCUT2D eigenvalue weighted by Gasteiger charge is 2.21. The third-order valence-corrected chi connectivity index (χ3v) is 5.00. The fourth-order valence-corrected chi connectivity index (χ4v) is 2.76. The Morgan fingerprint density at radius 3 is 2.64 bits per heavy atom. The molecule has 0 N–H and O–H groups in total. The van der Waals surface area contributed by atoms with E-state index in [1.165, 1.54) is 38.6 Å². The molecule has 0 spiro atoms. The van der Waals surface area contributed by atoms with Crippen LogP contribution in [0.15, 0.2) is 45.9 Å². The van der Waals surface area contributed by atoms with E-state index in [9.17, 15) is 13.2 Å². The summed E-state index contributed by atoms with van der Waals surface area (Å²) in [5.41, 5.74) is -0.0175. The van der Waals surface area contributed by atoms with Crippen molar-refractivity contribution < 1.29 is 22.4 Å². The van der Waals surface area contributed by atoms with E-state index in [1.807, 2.05) is 0 Å². The molecule has 0 saturated carbocycles. The third-order valence-electron chi connectivity index (χ3n) is 2.86. The summed E-state index contributed by atoms with van der Waals surface area (Å²) in [7, 11) is -0.856. The average Bonchev–Trinajstić information content (AvgIpc) is 2.98. The molecule has 2 rings (SSSR count). The zero-order valence-corrected chi connectivity index (χ0v) is 13.5. The molecule has 1 heterocycles. The van der Waals surface area contributed by atoms with E-state index in [0.717, 1.165) is 4.31 Å². The van der Waals surface area contributed by atoms with Gasteiger partial charge in [0.25, 0.3) is 0 Å². The lowest BCUT2D eigenvalue weighted by molar-refractivity contribution is 0.0445. The lowest BCUT2D eigenvalue weighted by Crippen LogP contribution is -2.22. The van der Waals surface area contributed by atoms with Gasteiger partial charge >= 0.3 is 5.97 Å². The third kappa shape index (κ3) is 3.49. The normalized spacial score (nSPS) is 11.6. The average molecular weight is 344 g/mol. The first kappa shape index (κ1) is 16.5. The smallest absolute Gasteiger partial charge is 0.340 e. The number of carbonyl (C=O) groups is 1. The number of benzene rings is 1. The second-order valence-electron chi connectivity index (χ2n) is 4.58. The standard InChI is InChI=1S/C14H14ClNO5S/c1-16(2)22(18,19)11-5-6-13(15)12(8-11)14(17)21-9-10-4-3-7-20-10/h3-8H,9H2,1-2H3. The molecule has 1 aromatic carbocycles. The van der Waals surface area contributed by atoms with E-state index in [4.69, 9.17) is 20.8 Å². The van der Waals surface area contributed by atoms with Gasteiger partial charge in [0.1, 0.15) is 12.4 Å². The largest absolute Gasteiger partial charge is 0.466 e. The number of ether oxygens (including phenoxy) is 1. The van der Waals surface area contributed by atoms with Gasteiger partial charge in [0.2, 0.25) is 10.0 Å². The van der Waals surface area contributed by atoms with Gasteiger partial charge in [-0.2, -0.15) is 0 Å². The first-order valence-electron chi connectivity index (χ1n) is 6.24. The summed E-state index contributed by atoms with van der Waals surface area (Å²) in [6.45, 7) is -0.0627. The van der Waals surface area contributed by atoms with Crippen molar-refractivity contribution >= 4 is 27.6 Å². The highest BCUT2D eigenvalue weighted by atomic mass is 35.5. The Labute approximate surface area is 133 Å². The maximum Gasteiger partial charge on any atom is 0.340 e. The van der Waals surface area contributed by atoms with Crippen molar-refractivity contribution in [2.45, 2.75) is 11.5 Å². The van der Waals surface area contributed by atoms with Gasteiger partial charge in [-0.05, 0) is 30.3 Å². The molecule has 0 saturated heterocycles. The van der Waals surface area contributed by atoms with Crippen LogP contribution in [-0.4, -0.2) is 32.8 Å². The van der Waals surface area contributed by atoms with Crippen molar-refractivity contribution in [2.24, 2.45) is 0 Å². The van der Waals surface area contributed by atoms with E-state index < -0.39 is 16.0 Å². The molecule has 0 unspecified atom stereocenters. The molecule has 22 heavy (non-hydrogen) atoms. The second kappa shape index (κ2) is 6.51. The zero-order valence-electron chi connectivity index (χ0n) is 11.9. The van der Waals surface area contributed by atoms with E-state index in [-0.39, 0.29) is 22.1 Å². The number of hydrogen-bond acceptors (Lipinski definition) is 5. The van der Waals surface area contributed by atoms with Gasteiger partial charge in [0.15, 0.2) is 0 Å². The molecule has 0 atom stereocenters. The van der Waals surface area contributed by atoms with E-state index in [2.05, 4.69) is 0 Å². The van der Waals surface area contributed by atoms with Gasteiger partial charge in [0, 0.05) is 14.1 Å². The van der Waals surface area contributed by atoms with Crippen LogP contribution in [0.25, 0.3) is 0 Å². The fraction of sp³-hybridized carbons (Fsp3) is 0.214. The first-order valence-corrected chi connectivity index (χ1v) is 8.06. The maximum absolute atomic E-state index is 12.1. The van der Waals surface area contributed by atoms with Gasteiger partial charge < -0.3 is 9.15 Å². The predicted octanol–water partition coefficient (Wildman–Crippen LogP) is 2.54. The molecule has 0 bridgehead atoms. The van der Waals surface area contributed by atoms with E-state index in [0.29, 0.717) is 5.76 Å². The highest BCUT2D eigenvalue weighted by Crippen LogP contribution is 2.23. The molecular weight excluding hydrogens is 330 g/mol. The van der Waals surface area contributed by atoms with Crippen LogP contribution in [0.4, 0.5) is 0 Å². The molecule has 0 fully saturated rings. The summed E-state index contributed by atoms with van der Waals surface area (Å²) >= 11 is 5.95. The van der Waals surface area contributed by atoms with Crippen molar-refractivity contribution in [3.63, 3.8) is 0 Å². The Morgan fingerprint density at radius 1 is 1.32 bits per heavy atom. The Balaban J connectivity index is 2.25. The van der Waals surface area contributed by atoms with Gasteiger partial charge in [0.05, 0.1) is 21.7 Å². The molecule has 0 amide bonds. The molecule has 118 valence electrons. The monoisotopic (exact) mass is 343 g/mol. The summed E-state index contributed by atoms with van der Waals surface area (Å²) in [5.74, 6) is -0.251. The molecule has 2 aromatic rings. The predicted molar refractivity (Wildman–Crippen MR) is 80.2 cm³/mol. The molecule has 6 nitrogen and oxygen atoms in total. The van der Waals surface area contributed by atoms with Crippen molar-refractivity contribution in [3.05, 3.63) is 52.9 Å². The number of carbonyl (C=O) groups excluding carboxylic acids is 1. The first-order chi connectivity index (χ1) is 10.3. The zero-order chi connectivity index (χ0) is 16.3. The molecule has 0 aliphatic rings. The molecule has 0 aliphatic carbocycles. The Morgan fingerprint density at radius 2 is 2.05 bits per heavy atom. The van der Waals surface area contributed by atoms with E-state index >= 15 is 0 Å². The van der Waals surface area contributed by atoms with Crippen LogP contribution in [0.2, 0.25) is 5.02 Å². The Bertz CT molecular complexity index is 769. The van der Waals surface area contributed by atoms with Gasteiger partial charge in [-0.1, -0.05) is 11.6 Å². The van der Waals surface area contributed by atoms with Crippen LogP contribution in [-0.2, 0) is 21.4 Å². The van der Waals surface area contributed by atoms with Gasteiger partial charge in [-0.15, -0.1) is 0 Å². The number of halogens is 1. The summed E-state index contributed by atoms with van der Waals surface area (Å²) in [5, 5.41) is 0.113. The lowest BCUT2D eigenvalue weighted by atomic mass is 10.2. The minimum atomic E-state index is -3.66. The summed E-state index contributed by atoms with van der Waals surface area (Å²) in [6, 6.07) is 7.20. The van der Waals surface area contributed by atoms with Crippen LogP contribution < -0.4 is 0 Å². The van der Waals surface area contributed by atoms with Crippen LogP contribution in [0, 0.1) is 0 Å². The molecule has 1 aromatic heterocycles. The number of sulfonamides is 1. The fourth-order valence-electron chi connectivity index (χ4n) is 1.64. The lowest BCUT2D eigenvalue weighted by Gasteiger charge is -2.12. The maximum atomic E-state index is 12.1. The quantitative estimate of drug-likeness (QED) is 0.780. The number of nitrogens with zero attached hydrogens (tertiary/aromatic N) is 1. The summed E-state index contributed by atoms with van der Waals surface area (Å²) in [4.78, 5) is 12.0. The minimum absolute atomic E-state index is 0.0175.